The molecule has 0 saturated carbocycles. The first-order chi connectivity index (χ1) is 11.6. The molecule has 5 heteroatoms. The van der Waals surface area contributed by atoms with Crippen LogP contribution in [0.2, 0.25) is 0 Å². The minimum absolute atomic E-state index is 0.428. The van der Waals surface area contributed by atoms with E-state index in [1.807, 2.05) is 0 Å². The number of aliphatic imine (C=N–C) groups is 1. The number of ether oxygens (including phenoxy) is 1. The van der Waals surface area contributed by atoms with Crippen LogP contribution in [0, 0.1) is 5.92 Å². The molecule has 1 fully saturated rings. The van der Waals surface area contributed by atoms with E-state index in [1.54, 1.807) is 0 Å². The largest absolute Gasteiger partial charge is 0.379 e. The Morgan fingerprint density at radius 2 is 1.92 bits per heavy atom. The van der Waals surface area contributed by atoms with Gasteiger partial charge in [0.2, 0.25) is 0 Å². The van der Waals surface area contributed by atoms with Gasteiger partial charge in [0.05, 0.1) is 19.8 Å². The zero-order valence-corrected chi connectivity index (χ0v) is 15.3. The minimum Gasteiger partial charge on any atom is -0.379 e. The molecule has 1 aliphatic rings. The average molecular weight is 332 g/mol. The van der Waals surface area contributed by atoms with Crippen LogP contribution in [0.1, 0.15) is 32.8 Å². The molecule has 3 N–H and O–H groups in total. The zero-order valence-electron chi connectivity index (χ0n) is 15.3. The van der Waals surface area contributed by atoms with Crippen molar-refractivity contribution in [3.63, 3.8) is 0 Å². The Balaban J connectivity index is 1.92. The Bertz CT molecular complexity index is 507. The van der Waals surface area contributed by atoms with E-state index in [0.29, 0.717) is 17.9 Å². The van der Waals surface area contributed by atoms with E-state index in [0.717, 1.165) is 51.4 Å². The van der Waals surface area contributed by atoms with Crippen LogP contribution in [0.15, 0.2) is 29.3 Å². The second-order valence-electron chi connectivity index (χ2n) is 6.83. The first-order valence-electron chi connectivity index (χ1n) is 9.06. The van der Waals surface area contributed by atoms with E-state index >= 15 is 0 Å². The van der Waals surface area contributed by atoms with Gasteiger partial charge in [-0.25, -0.2) is 0 Å². The molecule has 1 heterocycles. The van der Waals surface area contributed by atoms with Crippen LogP contribution in [-0.2, 0) is 11.2 Å². The summed E-state index contributed by atoms with van der Waals surface area (Å²) in [5.41, 5.74) is 8.39. The van der Waals surface area contributed by atoms with Gasteiger partial charge in [0.15, 0.2) is 5.96 Å². The lowest BCUT2D eigenvalue weighted by Gasteiger charge is -2.34. The summed E-state index contributed by atoms with van der Waals surface area (Å²) in [7, 11) is 0. The minimum atomic E-state index is 0.428. The third-order valence-corrected chi connectivity index (χ3v) is 4.41. The highest BCUT2D eigenvalue weighted by Crippen LogP contribution is 2.14. The number of morpholine rings is 1. The van der Waals surface area contributed by atoms with Crippen LogP contribution in [0.3, 0.4) is 0 Å². The van der Waals surface area contributed by atoms with Gasteiger partial charge in [0.25, 0.3) is 0 Å². The fourth-order valence-corrected chi connectivity index (χ4v) is 3.04. The average Bonchev–Trinajstić information content (AvgIpc) is 2.59. The molecule has 1 aliphatic heterocycles. The molecule has 0 aromatic heterocycles. The second kappa shape index (κ2) is 9.64. The van der Waals surface area contributed by atoms with Crippen molar-refractivity contribution >= 4 is 11.6 Å². The van der Waals surface area contributed by atoms with Gasteiger partial charge in [-0.05, 0) is 36.5 Å². The number of rotatable bonds is 7. The SMILES string of the molecule is CCc1ccc(NC(N)=NCC(CC(C)C)N2CCOCC2)cc1. The van der Waals surface area contributed by atoms with Gasteiger partial charge in [0.1, 0.15) is 0 Å². The van der Waals surface area contributed by atoms with Crippen molar-refractivity contribution in [3.8, 4) is 0 Å². The summed E-state index contributed by atoms with van der Waals surface area (Å²) in [5, 5.41) is 3.19. The number of anilines is 1. The summed E-state index contributed by atoms with van der Waals surface area (Å²) in [6.07, 6.45) is 2.17. The normalized spacial score (nSPS) is 17.9. The number of guanidine groups is 1. The van der Waals surface area contributed by atoms with Crippen LogP contribution < -0.4 is 11.1 Å². The number of hydrogen-bond acceptors (Lipinski definition) is 3. The van der Waals surface area contributed by atoms with E-state index in [2.05, 4.69) is 60.2 Å². The Kier molecular flexibility index (Phi) is 7.53. The standard InChI is InChI=1S/C19H32N4O/c1-4-16-5-7-17(8-6-16)22-19(20)21-14-18(13-15(2)3)23-9-11-24-12-10-23/h5-8,15,18H,4,9-14H2,1-3H3,(H3,20,21,22). The Morgan fingerprint density at radius 1 is 1.25 bits per heavy atom. The lowest BCUT2D eigenvalue weighted by Crippen LogP contribution is -2.45. The Morgan fingerprint density at radius 3 is 2.50 bits per heavy atom. The molecule has 0 bridgehead atoms. The maximum absolute atomic E-state index is 6.08. The summed E-state index contributed by atoms with van der Waals surface area (Å²) in [6.45, 7) is 11.0. The number of hydrogen-bond donors (Lipinski definition) is 2. The van der Waals surface area contributed by atoms with Crippen molar-refractivity contribution in [2.45, 2.75) is 39.7 Å². The first kappa shape index (κ1) is 18.7. The number of aryl methyl sites for hydroxylation is 1. The third kappa shape index (κ3) is 6.13. The fourth-order valence-electron chi connectivity index (χ4n) is 3.04. The van der Waals surface area contributed by atoms with Crippen molar-refractivity contribution in [2.75, 3.05) is 38.2 Å². The molecule has 0 amide bonds. The number of nitrogens with two attached hydrogens (primary N) is 1. The maximum Gasteiger partial charge on any atom is 0.193 e. The summed E-state index contributed by atoms with van der Waals surface area (Å²) >= 11 is 0. The molecule has 5 nitrogen and oxygen atoms in total. The van der Waals surface area contributed by atoms with Gasteiger partial charge < -0.3 is 15.8 Å². The van der Waals surface area contributed by atoms with Gasteiger partial charge in [0, 0.05) is 24.8 Å². The quantitative estimate of drug-likeness (QED) is 0.595. The summed E-state index contributed by atoms with van der Waals surface area (Å²) in [4.78, 5) is 7.07. The summed E-state index contributed by atoms with van der Waals surface area (Å²) < 4.78 is 5.46. The van der Waals surface area contributed by atoms with Gasteiger partial charge in [-0.1, -0.05) is 32.9 Å². The lowest BCUT2D eigenvalue weighted by molar-refractivity contribution is 0.0143. The van der Waals surface area contributed by atoms with Crippen molar-refractivity contribution in [2.24, 2.45) is 16.6 Å². The molecule has 1 unspecified atom stereocenters. The van der Waals surface area contributed by atoms with Crippen LogP contribution in [-0.4, -0.2) is 49.7 Å². The van der Waals surface area contributed by atoms with E-state index in [4.69, 9.17) is 10.5 Å². The molecule has 0 spiro atoms. The summed E-state index contributed by atoms with van der Waals surface area (Å²) in [5.74, 6) is 1.13. The number of nitrogens with zero attached hydrogens (tertiary/aromatic N) is 2. The molecule has 1 aromatic rings. The van der Waals surface area contributed by atoms with Crippen LogP contribution in [0.25, 0.3) is 0 Å². The highest BCUT2D eigenvalue weighted by Gasteiger charge is 2.21. The van der Waals surface area contributed by atoms with Crippen molar-refractivity contribution in [1.29, 1.82) is 0 Å². The second-order valence-corrected chi connectivity index (χ2v) is 6.83. The van der Waals surface area contributed by atoms with Crippen molar-refractivity contribution in [1.82, 2.24) is 4.90 Å². The molecule has 1 saturated heterocycles. The van der Waals surface area contributed by atoms with E-state index in [1.165, 1.54) is 5.56 Å². The van der Waals surface area contributed by atoms with Crippen LogP contribution in [0.4, 0.5) is 5.69 Å². The monoisotopic (exact) mass is 332 g/mol. The van der Waals surface area contributed by atoms with E-state index in [-0.39, 0.29) is 0 Å². The molecule has 1 aromatic carbocycles. The Labute approximate surface area is 146 Å². The molecule has 24 heavy (non-hydrogen) atoms. The van der Waals surface area contributed by atoms with E-state index < -0.39 is 0 Å². The molecule has 0 aliphatic carbocycles. The number of nitrogens with one attached hydrogen (secondary N) is 1. The zero-order chi connectivity index (χ0) is 17.4. The fraction of sp³-hybridized carbons (Fsp3) is 0.632. The molecular weight excluding hydrogens is 300 g/mol. The lowest BCUT2D eigenvalue weighted by atomic mass is 10.0. The molecule has 1 atom stereocenters. The first-order valence-corrected chi connectivity index (χ1v) is 9.06. The van der Waals surface area contributed by atoms with Crippen molar-refractivity contribution < 1.29 is 4.74 Å². The Hall–Kier alpha value is -1.59. The van der Waals surface area contributed by atoms with E-state index in [9.17, 15) is 0 Å². The topological polar surface area (TPSA) is 62.9 Å². The third-order valence-electron chi connectivity index (χ3n) is 4.41. The molecule has 134 valence electrons. The molecule has 2 rings (SSSR count). The number of benzene rings is 1. The summed E-state index contributed by atoms with van der Waals surface area (Å²) in [6, 6.07) is 8.76. The van der Waals surface area contributed by atoms with Crippen molar-refractivity contribution in [3.05, 3.63) is 29.8 Å². The predicted octanol–water partition coefficient (Wildman–Crippen LogP) is 2.72. The van der Waals surface area contributed by atoms with Crippen LogP contribution >= 0.6 is 0 Å². The van der Waals surface area contributed by atoms with Gasteiger partial charge >= 0.3 is 0 Å². The molecular formula is C19H32N4O. The van der Waals surface area contributed by atoms with Gasteiger partial charge in [-0.15, -0.1) is 0 Å². The maximum atomic E-state index is 6.08. The molecule has 0 radical (unpaired) electrons. The highest BCUT2D eigenvalue weighted by atomic mass is 16.5. The van der Waals surface area contributed by atoms with Gasteiger partial charge in [-0.2, -0.15) is 0 Å². The van der Waals surface area contributed by atoms with Crippen LogP contribution in [0.5, 0.6) is 0 Å². The highest BCUT2D eigenvalue weighted by molar-refractivity contribution is 5.92. The van der Waals surface area contributed by atoms with Gasteiger partial charge in [-0.3, -0.25) is 9.89 Å². The smallest absolute Gasteiger partial charge is 0.193 e. The predicted molar refractivity (Wildman–Crippen MR) is 102 cm³/mol.